The topological polar surface area (TPSA) is 67.1 Å². The van der Waals surface area contributed by atoms with Crippen molar-refractivity contribution in [2.45, 2.75) is 44.6 Å². The zero-order chi connectivity index (χ0) is 16.1. The fourth-order valence-corrected chi connectivity index (χ4v) is 3.29. The van der Waals surface area contributed by atoms with Crippen LogP contribution in [0, 0.1) is 0 Å². The van der Waals surface area contributed by atoms with E-state index in [1.54, 1.807) is 4.68 Å². The van der Waals surface area contributed by atoms with Crippen LogP contribution in [0.3, 0.4) is 0 Å². The van der Waals surface area contributed by atoms with Gasteiger partial charge in [-0.3, -0.25) is 4.79 Å². The SMILES string of the molecule is O=c1c2ccc(CCCCCO)cc2cnn1C1CCCNC1. The Balaban J connectivity index is 1.80. The number of aromatic nitrogens is 2. The largest absolute Gasteiger partial charge is 0.396 e. The fourth-order valence-electron chi connectivity index (χ4n) is 3.29. The molecule has 2 aromatic rings. The molecule has 1 fully saturated rings. The van der Waals surface area contributed by atoms with Gasteiger partial charge in [0.2, 0.25) is 0 Å². The van der Waals surface area contributed by atoms with Crippen molar-refractivity contribution in [3.8, 4) is 0 Å². The molecule has 0 saturated carbocycles. The minimum atomic E-state index is 0.0167. The van der Waals surface area contributed by atoms with Gasteiger partial charge in [0.05, 0.1) is 17.6 Å². The number of hydrogen-bond acceptors (Lipinski definition) is 4. The normalized spacial score (nSPS) is 18.4. The van der Waals surface area contributed by atoms with Gasteiger partial charge in [-0.25, -0.2) is 4.68 Å². The number of unbranched alkanes of at least 4 members (excludes halogenated alkanes) is 2. The molecule has 1 aromatic carbocycles. The first kappa shape index (κ1) is 16.1. The van der Waals surface area contributed by atoms with Crippen molar-refractivity contribution in [3.63, 3.8) is 0 Å². The quantitative estimate of drug-likeness (QED) is 0.801. The number of aliphatic hydroxyl groups is 1. The minimum Gasteiger partial charge on any atom is -0.396 e. The van der Waals surface area contributed by atoms with Crippen molar-refractivity contribution >= 4 is 10.8 Å². The number of piperidine rings is 1. The van der Waals surface area contributed by atoms with E-state index in [9.17, 15) is 4.79 Å². The van der Waals surface area contributed by atoms with Gasteiger partial charge in [0.25, 0.3) is 5.56 Å². The van der Waals surface area contributed by atoms with Crippen LogP contribution in [0.25, 0.3) is 10.8 Å². The molecule has 1 aliphatic heterocycles. The molecule has 5 heteroatoms. The molecule has 23 heavy (non-hydrogen) atoms. The first-order valence-electron chi connectivity index (χ1n) is 8.61. The van der Waals surface area contributed by atoms with Gasteiger partial charge >= 0.3 is 0 Å². The summed E-state index contributed by atoms with van der Waals surface area (Å²) < 4.78 is 1.65. The predicted molar refractivity (Wildman–Crippen MR) is 91.8 cm³/mol. The lowest BCUT2D eigenvalue weighted by molar-refractivity contribution is 0.283. The summed E-state index contributed by atoms with van der Waals surface area (Å²) in [4.78, 5) is 12.7. The molecule has 1 saturated heterocycles. The van der Waals surface area contributed by atoms with E-state index in [4.69, 9.17) is 5.11 Å². The summed E-state index contributed by atoms with van der Waals surface area (Å²) in [5, 5.41) is 18.2. The van der Waals surface area contributed by atoms with E-state index < -0.39 is 0 Å². The van der Waals surface area contributed by atoms with E-state index in [1.807, 2.05) is 18.3 Å². The van der Waals surface area contributed by atoms with Gasteiger partial charge in [0.1, 0.15) is 0 Å². The molecular formula is C18H25N3O2. The van der Waals surface area contributed by atoms with Gasteiger partial charge in [0.15, 0.2) is 0 Å². The summed E-state index contributed by atoms with van der Waals surface area (Å²) in [6.45, 7) is 2.11. The Bertz CT molecular complexity index is 705. The van der Waals surface area contributed by atoms with Crippen LogP contribution in [0.4, 0.5) is 0 Å². The molecule has 2 N–H and O–H groups in total. The number of hydrogen-bond donors (Lipinski definition) is 2. The monoisotopic (exact) mass is 315 g/mol. The number of fused-ring (bicyclic) bond motifs is 1. The molecule has 1 atom stereocenters. The Morgan fingerprint density at radius 1 is 1.30 bits per heavy atom. The highest BCUT2D eigenvalue weighted by atomic mass is 16.2. The van der Waals surface area contributed by atoms with Gasteiger partial charge in [0, 0.05) is 18.5 Å². The average molecular weight is 315 g/mol. The van der Waals surface area contributed by atoms with E-state index in [0.29, 0.717) is 0 Å². The second kappa shape index (κ2) is 7.70. The van der Waals surface area contributed by atoms with Crippen LogP contribution in [0.5, 0.6) is 0 Å². The summed E-state index contributed by atoms with van der Waals surface area (Å²) in [5.41, 5.74) is 1.25. The van der Waals surface area contributed by atoms with Crippen LogP contribution in [-0.4, -0.2) is 34.6 Å². The summed E-state index contributed by atoms with van der Waals surface area (Å²) in [6, 6.07) is 6.23. The minimum absolute atomic E-state index is 0.0167. The number of nitrogens with zero attached hydrogens (tertiary/aromatic N) is 2. The van der Waals surface area contributed by atoms with Gasteiger partial charge < -0.3 is 10.4 Å². The highest BCUT2D eigenvalue weighted by Gasteiger charge is 2.17. The van der Waals surface area contributed by atoms with Crippen molar-refractivity contribution in [2.75, 3.05) is 19.7 Å². The Hall–Kier alpha value is -1.72. The van der Waals surface area contributed by atoms with Crippen molar-refractivity contribution in [3.05, 3.63) is 40.3 Å². The second-order valence-corrected chi connectivity index (χ2v) is 6.35. The van der Waals surface area contributed by atoms with E-state index in [0.717, 1.165) is 62.4 Å². The number of nitrogens with one attached hydrogen (secondary N) is 1. The number of aryl methyl sites for hydroxylation is 1. The molecule has 124 valence electrons. The average Bonchev–Trinajstić information content (AvgIpc) is 2.60. The molecular weight excluding hydrogens is 290 g/mol. The molecule has 5 nitrogen and oxygen atoms in total. The summed E-state index contributed by atoms with van der Waals surface area (Å²) in [7, 11) is 0. The molecule has 0 radical (unpaired) electrons. The van der Waals surface area contributed by atoms with Gasteiger partial charge in [-0.05, 0) is 56.3 Å². The molecule has 1 unspecified atom stereocenters. The smallest absolute Gasteiger partial charge is 0.274 e. The first-order valence-corrected chi connectivity index (χ1v) is 8.61. The number of aliphatic hydroxyl groups excluding tert-OH is 1. The molecule has 1 aromatic heterocycles. The molecule has 0 spiro atoms. The molecule has 0 bridgehead atoms. The lowest BCUT2D eigenvalue weighted by Crippen LogP contribution is -2.37. The maximum Gasteiger partial charge on any atom is 0.274 e. The highest BCUT2D eigenvalue weighted by Crippen LogP contribution is 2.17. The van der Waals surface area contributed by atoms with Crippen molar-refractivity contribution < 1.29 is 5.11 Å². The van der Waals surface area contributed by atoms with E-state index in [1.165, 1.54) is 5.56 Å². The second-order valence-electron chi connectivity index (χ2n) is 6.35. The van der Waals surface area contributed by atoms with Crippen LogP contribution in [0.2, 0.25) is 0 Å². The molecule has 0 amide bonds. The van der Waals surface area contributed by atoms with Gasteiger partial charge in [-0.2, -0.15) is 5.10 Å². The van der Waals surface area contributed by atoms with Crippen molar-refractivity contribution in [2.24, 2.45) is 0 Å². The van der Waals surface area contributed by atoms with Crippen LogP contribution in [0.1, 0.15) is 43.7 Å². The zero-order valence-corrected chi connectivity index (χ0v) is 13.5. The van der Waals surface area contributed by atoms with Gasteiger partial charge in [-0.15, -0.1) is 0 Å². The molecule has 3 rings (SSSR count). The van der Waals surface area contributed by atoms with Crippen LogP contribution in [0.15, 0.2) is 29.2 Å². The van der Waals surface area contributed by atoms with Crippen LogP contribution >= 0.6 is 0 Å². The fraction of sp³-hybridized carbons (Fsp3) is 0.556. The molecule has 2 heterocycles. The maximum absolute atomic E-state index is 12.7. The van der Waals surface area contributed by atoms with Crippen LogP contribution in [-0.2, 0) is 6.42 Å². The summed E-state index contributed by atoms with van der Waals surface area (Å²) >= 11 is 0. The van der Waals surface area contributed by atoms with Crippen LogP contribution < -0.4 is 10.9 Å². The Kier molecular flexibility index (Phi) is 5.41. The standard InChI is InChI=1S/C18H25N3O2/c22-10-3-1-2-5-14-7-8-17-15(11-14)12-20-21(18(17)23)16-6-4-9-19-13-16/h7-8,11-12,16,19,22H,1-6,9-10,13H2. The Labute approximate surface area is 136 Å². The van der Waals surface area contributed by atoms with Gasteiger partial charge in [-0.1, -0.05) is 12.5 Å². The lowest BCUT2D eigenvalue weighted by atomic mass is 10.0. The Morgan fingerprint density at radius 2 is 2.22 bits per heavy atom. The molecule has 0 aliphatic carbocycles. The van der Waals surface area contributed by atoms with E-state index in [-0.39, 0.29) is 18.2 Å². The van der Waals surface area contributed by atoms with E-state index >= 15 is 0 Å². The summed E-state index contributed by atoms with van der Waals surface area (Å²) in [6.07, 6.45) is 7.84. The van der Waals surface area contributed by atoms with Crippen molar-refractivity contribution in [1.82, 2.24) is 15.1 Å². The van der Waals surface area contributed by atoms with E-state index in [2.05, 4.69) is 16.5 Å². The third-order valence-corrected chi connectivity index (χ3v) is 4.62. The molecule has 1 aliphatic rings. The number of benzene rings is 1. The Morgan fingerprint density at radius 3 is 3.00 bits per heavy atom. The maximum atomic E-state index is 12.7. The summed E-state index contributed by atoms with van der Waals surface area (Å²) in [5.74, 6) is 0. The first-order chi connectivity index (χ1) is 11.3. The lowest BCUT2D eigenvalue weighted by Gasteiger charge is -2.23. The highest BCUT2D eigenvalue weighted by molar-refractivity contribution is 5.81. The third-order valence-electron chi connectivity index (χ3n) is 4.62. The zero-order valence-electron chi connectivity index (χ0n) is 13.5. The third kappa shape index (κ3) is 3.79. The number of rotatable bonds is 6. The predicted octanol–water partition coefficient (Wildman–Crippen LogP) is 2.03. The van der Waals surface area contributed by atoms with Crippen molar-refractivity contribution in [1.29, 1.82) is 0 Å².